The molecule has 0 radical (unpaired) electrons. The Balaban J connectivity index is 2.00. The zero-order valence-corrected chi connectivity index (χ0v) is 13.3. The molecule has 2 unspecified atom stereocenters. The Morgan fingerprint density at radius 3 is 2.50 bits per heavy atom. The summed E-state index contributed by atoms with van der Waals surface area (Å²) < 4.78 is 22.9. The van der Waals surface area contributed by atoms with Crippen LogP contribution in [0, 0.1) is 0 Å². The van der Waals surface area contributed by atoms with E-state index in [2.05, 4.69) is 24.2 Å². The minimum absolute atomic E-state index is 0.236. The maximum Gasteiger partial charge on any atom is 0.175 e. The molecule has 2 rings (SSSR count). The highest BCUT2D eigenvalue weighted by Crippen LogP contribution is 2.18. The molecule has 1 aromatic carbocycles. The van der Waals surface area contributed by atoms with Gasteiger partial charge >= 0.3 is 0 Å². The Morgan fingerprint density at radius 2 is 1.95 bits per heavy atom. The summed E-state index contributed by atoms with van der Waals surface area (Å²) in [5.74, 6) is 0. The smallest absolute Gasteiger partial charge is 0.175 e. The average molecular weight is 296 g/mol. The van der Waals surface area contributed by atoms with Gasteiger partial charge < -0.3 is 10.2 Å². The van der Waals surface area contributed by atoms with E-state index in [1.807, 2.05) is 12.1 Å². The van der Waals surface area contributed by atoms with Gasteiger partial charge in [-0.3, -0.25) is 0 Å². The number of rotatable bonds is 4. The van der Waals surface area contributed by atoms with E-state index in [1.54, 1.807) is 12.1 Å². The summed E-state index contributed by atoms with van der Waals surface area (Å²) in [6, 6.07) is 7.94. The second-order valence-corrected chi connectivity index (χ2v) is 7.85. The third-order valence-corrected chi connectivity index (χ3v) is 5.05. The lowest BCUT2D eigenvalue weighted by Crippen LogP contribution is -2.44. The summed E-state index contributed by atoms with van der Waals surface area (Å²) in [5.41, 5.74) is 1.13. The van der Waals surface area contributed by atoms with Crippen LogP contribution in [0.5, 0.6) is 0 Å². The maximum absolute atomic E-state index is 11.4. The van der Waals surface area contributed by atoms with E-state index in [0.717, 1.165) is 12.1 Å². The minimum atomic E-state index is -3.11. The lowest BCUT2D eigenvalue weighted by Gasteiger charge is -2.32. The summed E-state index contributed by atoms with van der Waals surface area (Å²) in [4.78, 5) is 2.73. The van der Waals surface area contributed by atoms with Crippen LogP contribution >= 0.6 is 0 Å². The van der Waals surface area contributed by atoms with E-state index in [9.17, 15) is 8.42 Å². The first-order valence-electron chi connectivity index (χ1n) is 7.11. The monoisotopic (exact) mass is 296 g/mol. The van der Waals surface area contributed by atoms with Gasteiger partial charge in [0.2, 0.25) is 0 Å². The molecule has 1 aromatic rings. The molecule has 0 aliphatic carbocycles. The Bertz CT molecular complexity index is 539. The van der Waals surface area contributed by atoms with E-state index >= 15 is 0 Å². The van der Waals surface area contributed by atoms with Crippen molar-refractivity contribution in [1.29, 1.82) is 0 Å². The van der Waals surface area contributed by atoms with Crippen molar-refractivity contribution < 1.29 is 8.42 Å². The van der Waals surface area contributed by atoms with Gasteiger partial charge in [0.25, 0.3) is 0 Å². The summed E-state index contributed by atoms with van der Waals surface area (Å²) >= 11 is 0. The van der Waals surface area contributed by atoms with Gasteiger partial charge in [-0.05, 0) is 51.1 Å². The lowest BCUT2D eigenvalue weighted by molar-refractivity contribution is 0.218. The van der Waals surface area contributed by atoms with Crippen molar-refractivity contribution in [2.24, 2.45) is 0 Å². The second-order valence-electron chi connectivity index (χ2n) is 5.83. The number of sulfone groups is 1. The number of benzene rings is 1. The van der Waals surface area contributed by atoms with Gasteiger partial charge in [-0.25, -0.2) is 8.42 Å². The van der Waals surface area contributed by atoms with E-state index in [0.29, 0.717) is 10.9 Å². The summed E-state index contributed by atoms with van der Waals surface area (Å²) in [5, 5.41) is 3.63. The predicted molar refractivity (Wildman–Crippen MR) is 81.6 cm³/mol. The zero-order valence-electron chi connectivity index (χ0n) is 12.5. The van der Waals surface area contributed by atoms with Crippen molar-refractivity contribution in [3.63, 3.8) is 0 Å². The highest BCUT2D eigenvalue weighted by atomic mass is 32.2. The summed E-state index contributed by atoms with van der Waals surface area (Å²) in [7, 11) is -0.955. The molecule has 112 valence electrons. The molecule has 1 saturated heterocycles. The fourth-order valence-electron chi connectivity index (χ4n) is 2.76. The second kappa shape index (κ2) is 6.24. The molecular weight excluding hydrogens is 272 g/mol. The molecule has 0 amide bonds. The maximum atomic E-state index is 11.4. The van der Waals surface area contributed by atoms with E-state index in [4.69, 9.17) is 0 Å². The Hall–Kier alpha value is -0.910. The van der Waals surface area contributed by atoms with Crippen LogP contribution in [0.25, 0.3) is 0 Å². The van der Waals surface area contributed by atoms with Crippen molar-refractivity contribution in [3.05, 3.63) is 29.8 Å². The first-order valence-corrected chi connectivity index (χ1v) is 9.00. The minimum Gasteiger partial charge on any atom is -0.306 e. The molecule has 1 fully saturated rings. The molecule has 5 heteroatoms. The fraction of sp³-hybridized carbons (Fsp3) is 0.600. The Labute approximate surface area is 122 Å². The molecule has 0 aromatic heterocycles. The van der Waals surface area contributed by atoms with Crippen LogP contribution in [0.1, 0.15) is 31.4 Å². The van der Waals surface area contributed by atoms with Gasteiger partial charge in [-0.2, -0.15) is 0 Å². The van der Waals surface area contributed by atoms with Crippen LogP contribution in [0.15, 0.2) is 29.2 Å². The fourth-order valence-corrected chi connectivity index (χ4v) is 3.39. The molecule has 1 aliphatic rings. The standard InChI is InChI=1S/C15H24N2O2S/c1-12(16-14-5-4-10-17(2)11-14)13-6-8-15(9-7-13)20(3,18)19/h6-9,12,14,16H,4-5,10-11H2,1-3H3. The Morgan fingerprint density at radius 1 is 1.30 bits per heavy atom. The van der Waals surface area contributed by atoms with Gasteiger partial charge in [0, 0.05) is 24.9 Å². The highest BCUT2D eigenvalue weighted by molar-refractivity contribution is 7.90. The molecule has 0 spiro atoms. The number of hydrogen-bond donors (Lipinski definition) is 1. The molecular formula is C15H24N2O2S. The van der Waals surface area contributed by atoms with Crippen LogP contribution < -0.4 is 5.32 Å². The number of nitrogens with one attached hydrogen (secondary N) is 1. The van der Waals surface area contributed by atoms with E-state index in [1.165, 1.54) is 25.6 Å². The third kappa shape index (κ3) is 4.04. The van der Waals surface area contributed by atoms with Crippen molar-refractivity contribution in [1.82, 2.24) is 10.2 Å². The summed E-state index contributed by atoms with van der Waals surface area (Å²) in [6.45, 7) is 4.38. The number of likely N-dealkylation sites (tertiary alicyclic amines) is 1. The number of nitrogens with zero attached hydrogens (tertiary/aromatic N) is 1. The van der Waals surface area contributed by atoms with Crippen LogP contribution in [-0.2, 0) is 9.84 Å². The molecule has 1 heterocycles. The topological polar surface area (TPSA) is 49.4 Å². The summed E-state index contributed by atoms with van der Waals surface area (Å²) in [6.07, 6.45) is 3.67. The van der Waals surface area contributed by atoms with Gasteiger partial charge in [0.05, 0.1) is 4.90 Å². The first-order chi connectivity index (χ1) is 9.36. The molecule has 0 bridgehead atoms. The van der Waals surface area contributed by atoms with E-state index < -0.39 is 9.84 Å². The molecule has 20 heavy (non-hydrogen) atoms. The van der Waals surface area contributed by atoms with Gasteiger partial charge in [0.15, 0.2) is 9.84 Å². The van der Waals surface area contributed by atoms with Crippen molar-refractivity contribution in [2.75, 3.05) is 26.4 Å². The molecule has 4 nitrogen and oxygen atoms in total. The quantitative estimate of drug-likeness (QED) is 0.921. The molecule has 1 N–H and O–H groups in total. The normalized spacial score (nSPS) is 22.6. The van der Waals surface area contributed by atoms with E-state index in [-0.39, 0.29) is 6.04 Å². The van der Waals surface area contributed by atoms with Crippen molar-refractivity contribution >= 4 is 9.84 Å². The van der Waals surface area contributed by atoms with Crippen molar-refractivity contribution in [2.45, 2.75) is 36.7 Å². The molecule has 2 atom stereocenters. The van der Waals surface area contributed by atoms with Crippen LogP contribution in [0.3, 0.4) is 0 Å². The van der Waals surface area contributed by atoms with Crippen molar-refractivity contribution in [3.8, 4) is 0 Å². The van der Waals surface area contributed by atoms with Crippen LogP contribution in [0.2, 0.25) is 0 Å². The van der Waals surface area contributed by atoms with Gasteiger partial charge in [0.1, 0.15) is 0 Å². The largest absolute Gasteiger partial charge is 0.306 e. The number of likely N-dealkylation sites (N-methyl/N-ethyl adjacent to an activating group) is 1. The van der Waals surface area contributed by atoms with Gasteiger partial charge in [-0.15, -0.1) is 0 Å². The number of hydrogen-bond acceptors (Lipinski definition) is 4. The number of piperidine rings is 1. The first kappa shape index (κ1) is 15.5. The SMILES string of the molecule is CC(NC1CCCN(C)C1)c1ccc(S(C)(=O)=O)cc1. The van der Waals surface area contributed by atoms with Gasteiger partial charge in [-0.1, -0.05) is 12.1 Å². The third-order valence-electron chi connectivity index (χ3n) is 3.92. The zero-order chi connectivity index (χ0) is 14.8. The predicted octanol–water partition coefficient (Wildman–Crippen LogP) is 1.83. The lowest BCUT2D eigenvalue weighted by atomic mass is 10.0. The average Bonchev–Trinajstić information content (AvgIpc) is 2.38. The van der Waals surface area contributed by atoms with Crippen LogP contribution in [0.4, 0.5) is 0 Å². The molecule has 1 aliphatic heterocycles. The molecule has 0 saturated carbocycles. The van der Waals surface area contributed by atoms with Crippen LogP contribution in [-0.4, -0.2) is 45.8 Å². The highest BCUT2D eigenvalue weighted by Gasteiger charge is 2.19. The Kier molecular flexibility index (Phi) is 4.83.